The summed E-state index contributed by atoms with van der Waals surface area (Å²) in [6, 6.07) is 6.30. The highest BCUT2D eigenvalue weighted by Crippen LogP contribution is 2.19. The van der Waals surface area contributed by atoms with Crippen LogP contribution in [0.4, 0.5) is 0 Å². The molecule has 2 rings (SSSR count). The van der Waals surface area contributed by atoms with Gasteiger partial charge in [-0.15, -0.1) is 0 Å². The van der Waals surface area contributed by atoms with E-state index in [-0.39, 0.29) is 5.56 Å². The number of halogens is 1. The number of hydrogen-bond acceptors (Lipinski definition) is 3. The Kier molecular flexibility index (Phi) is 4.29. The first kappa shape index (κ1) is 14.4. The summed E-state index contributed by atoms with van der Waals surface area (Å²) in [5, 5.41) is 13.8. The SMILES string of the molecule is Cc1nn(CCOc2ccc(C(=O)O)cc2)c(C)c1Cl. The van der Waals surface area contributed by atoms with Crippen molar-refractivity contribution in [3.63, 3.8) is 0 Å². The van der Waals surface area contributed by atoms with Crippen molar-refractivity contribution in [1.82, 2.24) is 9.78 Å². The summed E-state index contributed by atoms with van der Waals surface area (Å²) < 4.78 is 7.35. The maximum atomic E-state index is 10.7. The number of carbonyl (C=O) groups is 1. The van der Waals surface area contributed by atoms with Crippen LogP contribution in [0.5, 0.6) is 5.75 Å². The summed E-state index contributed by atoms with van der Waals surface area (Å²) >= 11 is 6.06. The molecule has 0 unspecified atom stereocenters. The zero-order valence-electron chi connectivity index (χ0n) is 11.3. The average Bonchev–Trinajstić information content (AvgIpc) is 2.67. The quantitative estimate of drug-likeness (QED) is 0.921. The van der Waals surface area contributed by atoms with E-state index in [0.29, 0.717) is 23.9 Å². The van der Waals surface area contributed by atoms with Gasteiger partial charge in [-0.1, -0.05) is 11.6 Å². The van der Waals surface area contributed by atoms with Gasteiger partial charge in [0.05, 0.1) is 28.5 Å². The van der Waals surface area contributed by atoms with E-state index in [1.807, 2.05) is 13.8 Å². The molecule has 0 radical (unpaired) electrons. The molecule has 0 aliphatic carbocycles. The number of ether oxygens (including phenoxy) is 1. The summed E-state index contributed by atoms with van der Waals surface area (Å²) in [6.07, 6.45) is 0. The first-order chi connectivity index (χ1) is 9.49. The molecule has 6 heteroatoms. The van der Waals surface area contributed by atoms with E-state index in [1.54, 1.807) is 16.8 Å². The zero-order valence-corrected chi connectivity index (χ0v) is 12.0. The highest BCUT2D eigenvalue weighted by atomic mass is 35.5. The molecule has 0 fully saturated rings. The van der Waals surface area contributed by atoms with E-state index in [4.69, 9.17) is 21.4 Å². The van der Waals surface area contributed by atoms with Crippen LogP contribution in [-0.2, 0) is 6.54 Å². The van der Waals surface area contributed by atoms with Crippen molar-refractivity contribution in [3.8, 4) is 5.75 Å². The van der Waals surface area contributed by atoms with Crippen LogP contribution in [0.2, 0.25) is 5.02 Å². The van der Waals surface area contributed by atoms with Gasteiger partial charge < -0.3 is 9.84 Å². The van der Waals surface area contributed by atoms with E-state index in [0.717, 1.165) is 11.4 Å². The predicted molar refractivity (Wildman–Crippen MR) is 75.6 cm³/mol. The van der Waals surface area contributed by atoms with Crippen molar-refractivity contribution in [2.45, 2.75) is 20.4 Å². The van der Waals surface area contributed by atoms with Crippen molar-refractivity contribution in [3.05, 3.63) is 46.2 Å². The van der Waals surface area contributed by atoms with Crippen LogP contribution in [0.15, 0.2) is 24.3 Å². The van der Waals surface area contributed by atoms with Gasteiger partial charge in [0, 0.05) is 0 Å². The maximum Gasteiger partial charge on any atom is 0.335 e. The summed E-state index contributed by atoms with van der Waals surface area (Å²) in [4.78, 5) is 10.7. The molecule has 0 saturated heterocycles. The summed E-state index contributed by atoms with van der Waals surface area (Å²) in [7, 11) is 0. The third-order valence-corrected chi connectivity index (χ3v) is 3.51. The number of aryl methyl sites for hydroxylation is 1. The second-order valence-corrected chi connectivity index (χ2v) is 4.76. The Morgan fingerprint density at radius 3 is 2.50 bits per heavy atom. The van der Waals surface area contributed by atoms with Crippen LogP contribution in [0, 0.1) is 13.8 Å². The number of rotatable bonds is 5. The Balaban J connectivity index is 1.92. The number of nitrogens with zero attached hydrogens (tertiary/aromatic N) is 2. The Morgan fingerprint density at radius 1 is 1.35 bits per heavy atom. The van der Waals surface area contributed by atoms with Crippen LogP contribution < -0.4 is 4.74 Å². The zero-order chi connectivity index (χ0) is 14.7. The van der Waals surface area contributed by atoms with Gasteiger partial charge in [0.1, 0.15) is 12.4 Å². The fourth-order valence-corrected chi connectivity index (χ4v) is 1.97. The molecule has 0 spiro atoms. The minimum atomic E-state index is -0.950. The maximum absolute atomic E-state index is 10.7. The molecule has 0 aliphatic heterocycles. The number of aromatic carboxylic acids is 1. The van der Waals surface area contributed by atoms with Crippen LogP contribution in [-0.4, -0.2) is 27.5 Å². The normalized spacial score (nSPS) is 10.6. The number of hydrogen-bond donors (Lipinski definition) is 1. The Bertz CT molecular complexity index is 620. The van der Waals surface area contributed by atoms with E-state index in [9.17, 15) is 4.79 Å². The molecule has 5 nitrogen and oxygen atoms in total. The first-order valence-corrected chi connectivity index (χ1v) is 6.52. The van der Waals surface area contributed by atoms with Gasteiger partial charge in [0.25, 0.3) is 0 Å². The molecule has 106 valence electrons. The number of carboxylic acids is 1. The minimum absolute atomic E-state index is 0.239. The van der Waals surface area contributed by atoms with Gasteiger partial charge in [-0.3, -0.25) is 4.68 Å². The smallest absolute Gasteiger partial charge is 0.335 e. The molecule has 0 saturated carbocycles. The summed E-state index contributed by atoms with van der Waals surface area (Å²) in [5.41, 5.74) is 1.95. The standard InChI is InChI=1S/C14H15ClN2O3/c1-9-13(15)10(2)17(16-9)7-8-20-12-5-3-11(4-6-12)14(18)19/h3-6H,7-8H2,1-2H3,(H,18,19). The van der Waals surface area contributed by atoms with Gasteiger partial charge in [-0.25, -0.2) is 4.79 Å². The van der Waals surface area contributed by atoms with Crippen molar-refractivity contribution in [1.29, 1.82) is 0 Å². The summed E-state index contributed by atoms with van der Waals surface area (Å²) in [5.74, 6) is -0.323. The molecular formula is C14H15ClN2O3. The van der Waals surface area contributed by atoms with Crippen molar-refractivity contribution in [2.75, 3.05) is 6.61 Å². The Hall–Kier alpha value is -2.01. The summed E-state index contributed by atoms with van der Waals surface area (Å²) in [6.45, 7) is 4.78. The molecule has 0 atom stereocenters. The second-order valence-electron chi connectivity index (χ2n) is 4.39. The molecule has 1 aromatic heterocycles. The predicted octanol–water partition coefficient (Wildman–Crippen LogP) is 2.93. The fourth-order valence-electron chi connectivity index (χ4n) is 1.84. The van der Waals surface area contributed by atoms with Crippen LogP contribution in [0.3, 0.4) is 0 Å². The van der Waals surface area contributed by atoms with Crippen LogP contribution in [0.25, 0.3) is 0 Å². The van der Waals surface area contributed by atoms with Crippen molar-refractivity contribution in [2.24, 2.45) is 0 Å². The van der Waals surface area contributed by atoms with Gasteiger partial charge in [-0.2, -0.15) is 5.10 Å². The molecule has 2 aromatic rings. The van der Waals surface area contributed by atoms with E-state index >= 15 is 0 Å². The third kappa shape index (κ3) is 3.11. The third-order valence-electron chi connectivity index (χ3n) is 2.97. The molecule has 20 heavy (non-hydrogen) atoms. The lowest BCUT2D eigenvalue weighted by Gasteiger charge is -2.08. The van der Waals surface area contributed by atoms with Crippen LogP contribution in [0.1, 0.15) is 21.7 Å². The number of aromatic nitrogens is 2. The molecule has 0 bridgehead atoms. The fraction of sp³-hybridized carbons (Fsp3) is 0.286. The van der Waals surface area contributed by atoms with E-state index < -0.39 is 5.97 Å². The van der Waals surface area contributed by atoms with Crippen molar-refractivity contribution >= 4 is 17.6 Å². The second kappa shape index (κ2) is 5.96. The van der Waals surface area contributed by atoms with Crippen LogP contribution >= 0.6 is 11.6 Å². The van der Waals surface area contributed by atoms with Gasteiger partial charge in [0.2, 0.25) is 0 Å². The van der Waals surface area contributed by atoms with Crippen molar-refractivity contribution < 1.29 is 14.6 Å². The van der Waals surface area contributed by atoms with E-state index in [1.165, 1.54) is 12.1 Å². The van der Waals surface area contributed by atoms with Gasteiger partial charge in [0.15, 0.2) is 0 Å². The lowest BCUT2D eigenvalue weighted by Crippen LogP contribution is -2.11. The molecule has 1 heterocycles. The Morgan fingerprint density at radius 2 is 2.00 bits per heavy atom. The largest absolute Gasteiger partial charge is 0.492 e. The number of benzene rings is 1. The van der Waals surface area contributed by atoms with Gasteiger partial charge in [-0.05, 0) is 38.1 Å². The van der Waals surface area contributed by atoms with E-state index in [2.05, 4.69) is 5.10 Å². The minimum Gasteiger partial charge on any atom is -0.492 e. The lowest BCUT2D eigenvalue weighted by atomic mass is 10.2. The molecule has 0 amide bonds. The Labute approximate surface area is 121 Å². The highest BCUT2D eigenvalue weighted by Gasteiger charge is 2.08. The topological polar surface area (TPSA) is 64.4 Å². The lowest BCUT2D eigenvalue weighted by molar-refractivity contribution is 0.0697. The number of carboxylic acid groups (broad SMARTS) is 1. The molecule has 0 aliphatic rings. The monoisotopic (exact) mass is 294 g/mol. The highest BCUT2D eigenvalue weighted by molar-refractivity contribution is 6.31. The molecule has 1 N–H and O–H groups in total. The van der Waals surface area contributed by atoms with Gasteiger partial charge >= 0.3 is 5.97 Å². The average molecular weight is 295 g/mol. The molecule has 1 aromatic carbocycles. The first-order valence-electron chi connectivity index (χ1n) is 6.14. The molecular weight excluding hydrogens is 280 g/mol.